The van der Waals surface area contributed by atoms with Crippen LogP contribution in [0.3, 0.4) is 0 Å². The van der Waals surface area contributed by atoms with Crippen LogP contribution in [0, 0.1) is 5.92 Å². The summed E-state index contributed by atoms with van der Waals surface area (Å²) in [4.78, 5) is 38.4. The highest BCUT2D eigenvalue weighted by molar-refractivity contribution is 5.89. The second kappa shape index (κ2) is 10.7. The van der Waals surface area contributed by atoms with Crippen molar-refractivity contribution < 1.29 is 14.4 Å². The minimum Gasteiger partial charge on any atom is -0.346 e. The van der Waals surface area contributed by atoms with Gasteiger partial charge in [-0.15, -0.1) is 0 Å². The van der Waals surface area contributed by atoms with Gasteiger partial charge in [-0.05, 0) is 37.3 Å². The number of amides is 4. The number of para-hydroxylation sites is 1. The van der Waals surface area contributed by atoms with Gasteiger partial charge in [-0.2, -0.15) is 0 Å². The van der Waals surface area contributed by atoms with Crippen LogP contribution in [0.2, 0.25) is 0 Å². The Morgan fingerprint density at radius 2 is 1.86 bits per heavy atom. The number of hydrogen-bond donors (Lipinski definition) is 4. The van der Waals surface area contributed by atoms with Gasteiger partial charge in [0.15, 0.2) is 0 Å². The number of hydrogen-bond acceptors (Lipinski definition) is 4. The number of nitrogens with one attached hydrogen (secondary N) is 3. The average Bonchev–Trinajstić information content (AvgIpc) is 2.70. The van der Waals surface area contributed by atoms with E-state index in [0.29, 0.717) is 18.8 Å². The zero-order valence-electron chi connectivity index (χ0n) is 16.6. The van der Waals surface area contributed by atoms with E-state index in [2.05, 4.69) is 16.0 Å². The van der Waals surface area contributed by atoms with Gasteiger partial charge >= 0.3 is 6.03 Å². The SMILES string of the molecule is CC(C)[C@H](N)C(=O)NCC(=O)N1CCCCC1CNC(=O)Nc1ccccc1. The van der Waals surface area contributed by atoms with E-state index in [0.717, 1.165) is 19.3 Å². The lowest BCUT2D eigenvalue weighted by Crippen LogP contribution is -2.53. The van der Waals surface area contributed by atoms with E-state index in [9.17, 15) is 14.4 Å². The monoisotopic (exact) mass is 389 g/mol. The van der Waals surface area contributed by atoms with Crippen LogP contribution in [0.15, 0.2) is 30.3 Å². The Morgan fingerprint density at radius 1 is 1.14 bits per heavy atom. The topological polar surface area (TPSA) is 117 Å². The zero-order valence-corrected chi connectivity index (χ0v) is 16.6. The molecule has 1 aliphatic rings. The second-order valence-corrected chi connectivity index (χ2v) is 7.43. The lowest BCUT2D eigenvalue weighted by atomic mass is 10.0. The molecule has 154 valence electrons. The predicted molar refractivity (Wildman–Crippen MR) is 109 cm³/mol. The van der Waals surface area contributed by atoms with E-state index in [-0.39, 0.29) is 36.3 Å². The van der Waals surface area contributed by atoms with Crippen molar-refractivity contribution in [2.24, 2.45) is 11.7 Å². The average molecular weight is 390 g/mol. The van der Waals surface area contributed by atoms with Crippen molar-refractivity contribution in [2.45, 2.75) is 45.2 Å². The van der Waals surface area contributed by atoms with Crippen LogP contribution in [-0.4, -0.2) is 54.5 Å². The van der Waals surface area contributed by atoms with Crippen LogP contribution in [-0.2, 0) is 9.59 Å². The van der Waals surface area contributed by atoms with Crippen molar-refractivity contribution in [1.82, 2.24) is 15.5 Å². The maximum absolute atomic E-state index is 12.6. The number of rotatable bonds is 7. The molecule has 0 bridgehead atoms. The van der Waals surface area contributed by atoms with Gasteiger partial charge in [-0.25, -0.2) is 4.79 Å². The molecule has 0 spiro atoms. The minimum atomic E-state index is -0.631. The molecule has 1 heterocycles. The molecule has 1 fully saturated rings. The molecule has 0 saturated carbocycles. The Kier molecular flexibility index (Phi) is 8.25. The smallest absolute Gasteiger partial charge is 0.319 e. The van der Waals surface area contributed by atoms with Crippen LogP contribution in [0.25, 0.3) is 0 Å². The summed E-state index contributed by atoms with van der Waals surface area (Å²) in [5.74, 6) is -0.471. The fraction of sp³-hybridized carbons (Fsp3) is 0.550. The molecule has 0 radical (unpaired) electrons. The molecule has 5 N–H and O–H groups in total. The van der Waals surface area contributed by atoms with Gasteiger partial charge < -0.3 is 26.6 Å². The van der Waals surface area contributed by atoms with Crippen LogP contribution < -0.4 is 21.7 Å². The van der Waals surface area contributed by atoms with E-state index in [1.165, 1.54) is 0 Å². The Hall–Kier alpha value is -2.61. The van der Waals surface area contributed by atoms with E-state index in [4.69, 9.17) is 5.73 Å². The quantitative estimate of drug-likeness (QED) is 0.562. The summed E-state index contributed by atoms with van der Waals surface area (Å²) in [6.45, 7) is 4.63. The standard InChI is InChI=1S/C20H31N5O3/c1-14(2)18(21)19(27)22-13-17(26)25-11-7-6-10-16(25)12-23-20(28)24-15-8-4-3-5-9-15/h3-5,8-9,14,16,18H,6-7,10-13,21H2,1-2H3,(H,22,27)(H2,23,24,28)/t16?,18-/m0/s1. The van der Waals surface area contributed by atoms with Crippen LogP contribution in [0.5, 0.6) is 0 Å². The first kappa shape index (κ1) is 21.7. The molecule has 1 unspecified atom stereocenters. The van der Waals surface area contributed by atoms with Crippen molar-refractivity contribution in [3.05, 3.63) is 30.3 Å². The first-order valence-corrected chi connectivity index (χ1v) is 9.81. The predicted octanol–water partition coefficient (Wildman–Crippen LogP) is 1.29. The molecule has 8 nitrogen and oxygen atoms in total. The maximum atomic E-state index is 12.6. The first-order chi connectivity index (χ1) is 13.4. The van der Waals surface area contributed by atoms with Crippen LogP contribution in [0.1, 0.15) is 33.1 Å². The number of carbonyl (C=O) groups is 3. The molecule has 1 aliphatic heterocycles. The molecule has 28 heavy (non-hydrogen) atoms. The van der Waals surface area contributed by atoms with Crippen molar-refractivity contribution in [3.63, 3.8) is 0 Å². The molecule has 1 aromatic rings. The van der Waals surface area contributed by atoms with Crippen molar-refractivity contribution in [3.8, 4) is 0 Å². The number of nitrogens with zero attached hydrogens (tertiary/aromatic N) is 1. The third-order valence-electron chi connectivity index (χ3n) is 4.91. The molecule has 8 heteroatoms. The molecule has 0 aromatic heterocycles. The van der Waals surface area contributed by atoms with Crippen molar-refractivity contribution in [2.75, 3.05) is 25.0 Å². The normalized spacial score (nSPS) is 17.7. The van der Waals surface area contributed by atoms with Gasteiger partial charge in [0.2, 0.25) is 11.8 Å². The summed E-state index contributed by atoms with van der Waals surface area (Å²) in [5, 5.41) is 8.22. The molecule has 4 amide bonds. The molecule has 0 aliphatic carbocycles. The molecule has 1 aromatic carbocycles. The molecular formula is C20H31N5O3. The van der Waals surface area contributed by atoms with Gasteiger partial charge in [0.1, 0.15) is 0 Å². The fourth-order valence-corrected chi connectivity index (χ4v) is 3.13. The highest BCUT2D eigenvalue weighted by Gasteiger charge is 2.27. The number of benzene rings is 1. The van der Waals surface area contributed by atoms with E-state index >= 15 is 0 Å². The van der Waals surface area contributed by atoms with Gasteiger partial charge in [0, 0.05) is 24.8 Å². The highest BCUT2D eigenvalue weighted by atomic mass is 16.2. The minimum absolute atomic E-state index is 0.00478. The summed E-state index contributed by atoms with van der Waals surface area (Å²) >= 11 is 0. The highest BCUT2D eigenvalue weighted by Crippen LogP contribution is 2.16. The lowest BCUT2D eigenvalue weighted by molar-refractivity contribution is -0.136. The van der Waals surface area contributed by atoms with Gasteiger partial charge in [0.25, 0.3) is 0 Å². The Morgan fingerprint density at radius 3 is 2.54 bits per heavy atom. The largest absolute Gasteiger partial charge is 0.346 e. The van der Waals surface area contributed by atoms with E-state index in [1.54, 1.807) is 17.0 Å². The number of piperidine rings is 1. The Balaban J connectivity index is 1.82. The summed E-state index contributed by atoms with van der Waals surface area (Å²) < 4.78 is 0. The van der Waals surface area contributed by atoms with Crippen LogP contribution in [0.4, 0.5) is 10.5 Å². The fourth-order valence-electron chi connectivity index (χ4n) is 3.13. The number of carbonyl (C=O) groups excluding carboxylic acids is 3. The number of nitrogens with two attached hydrogens (primary N) is 1. The van der Waals surface area contributed by atoms with Gasteiger partial charge in [-0.3, -0.25) is 9.59 Å². The third-order valence-corrected chi connectivity index (χ3v) is 4.91. The number of urea groups is 1. The van der Waals surface area contributed by atoms with E-state index < -0.39 is 6.04 Å². The maximum Gasteiger partial charge on any atom is 0.319 e. The summed E-state index contributed by atoms with van der Waals surface area (Å²) in [6, 6.07) is 8.16. The first-order valence-electron chi connectivity index (χ1n) is 9.81. The summed E-state index contributed by atoms with van der Waals surface area (Å²) in [6.07, 6.45) is 2.73. The van der Waals surface area contributed by atoms with Crippen molar-refractivity contribution >= 4 is 23.5 Å². The lowest BCUT2D eigenvalue weighted by Gasteiger charge is -2.36. The summed E-state index contributed by atoms with van der Waals surface area (Å²) in [5.41, 5.74) is 6.51. The number of anilines is 1. The molecule has 1 saturated heterocycles. The van der Waals surface area contributed by atoms with E-state index in [1.807, 2.05) is 32.0 Å². The van der Waals surface area contributed by atoms with Crippen molar-refractivity contribution in [1.29, 1.82) is 0 Å². The third kappa shape index (κ3) is 6.53. The van der Waals surface area contributed by atoms with Gasteiger partial charge in [0.05, 0.1) is 12.6 Å². The summed E-state index contributed by atoms with van der Waals surface area (Å²) in [7, 11) is 0. The Bertz CT molecular complexity index is 665. The zero-order chi connectivity index (χ0) is 20.5. The second-order valence-electron chi connectivity index (χ2n) is 7.43. The Labute approximate surface area is 166 Å². The van der Waals surface area contributed by atoms with Crippen LogP contribution >= 0.6 is 0 Å². The molecule has 2 atom stereocenters. The van der Waals surface area contributed by atoms with Gasteiger partial charge in [-0.1, -0.05) is 32.0 Å². The number of likely N-dealkylation sites (tertiary alicyclic amines) is 1. The molecule has 2 rings (SSSR count). The molecular weight excluding hydrogens is 358 g/mol.